The van der Waals surface area contributed by atoms with Gasteiger partial charge in [-0.05, 0) is 37.1 Å². The maximum atomic E-state index is 12.2. The van der Waals surface area contributed by atoms with Crippen LogP contribution in [0.15, 0.2) is 24.3 Å². The predicted octanol–water partition coefficient (Wildman–Crippen LogP) is 0.616. The van der Waals surface area contributed by atoms with Gasteiger partial charge in [0.25, 0.3) is 5.91 Å². The van der Waals surface area contributed by atoms with E-state index in [1.54, 1.807) is 29.2 Å². The molecule has 2 fully saturated rings. The standard InChI is InChI=1S/C18H22N2O6S/c1-19(15-8-10-27(24,25)12-15)17(22)11-26-18(23)13-4-6-14(7-5-13)20-9-2-3-16(20)21/h4-7,15H,2-3,8-12H2,1H3/t15-/m0/s1. The van der Waals surface area contributed by atoms with E-state index in [2.05, 4.69) is 0 Å². The number of carbonyl (C=O) groups excluding carboxylic acids is 3. The Morgan fingerprint density at radius 2 is 1.96 bits per heavy atom. The van der Waals surface area contributed by atoms with Gasteiger partial charge in [-0.1, -0.05) is 0 Å². The molecule has 1 aromatic rings. The van der Waals surface area contributed by atoms with E-state index >= 15 is 0 Å². The Labute approximate surface area is 158 Å². The van der Waals surface area contributed by atoms with E-state index in [4.69, 9.17) is 4.74 Å². The number of sulfone groups is 1. The summed E-state index contributed by atoms with van der Waals surface area (Å²) in [6, 6.07) is 6.09. The van der Waals surface area contributed by atoms with Gasteiger partial charge in [-0.25, -0.2) is 13.2 Å². The monoisotopic (exact) mass is 394 g/mol. The van der Waals surface area contributed by atoms with Crippen molar-refractivity contribution in [2.75, 3.05) is 36.6 Å². The maximum Gasteiger partial charge on any atom is 0.338 e. The highest BCUT2D eigenvalue weighted by Gasteiger charge is 2.33. The molecule has 0 spiro atoms. The van der Waals surface area contributed by atoms with Gasteiger partial charge in [0.1, 0.15) is 0 Å². The second-order valence-corrected chi connectivity index (χ2v) is 9.06. The van der Waals surface area contributed by atoms with Crippen LogP contribution in [0.4, 0.5) is 5.69 Å². The fraction of sp³-hybridized carbons (Fsp3) is 0.500. The lowest BCUT2D eigenvalue weighted by molar-refractivity contribution is -0.134. The molecule has 8 nitrogen and oxygen atoms in total. The Kier molecular flexibility index (Phi) is 5.50. The molecule has 0 unspecified atom stereocenters. The highest BCUT2D eigenvalue weighted by molar-refractivity contribution is 7.91. The normalized spacial score (nSPS) is 21.3. The van der Waals surface area contributed by atoms with Crippen molar-refractivity contribution in [3.63, 3.8) is 0 Å². The Balaban J connectivity index is 1.53. The zero-order chi connectivity index (χ0) is 19.6. The van der Waals surface area contributed by atoms with Crippen molar-refractivity contribution in [3.8, 4) is 0 Å². The number of benzene rings is 1. The van der Waals surface area contributed by atoms with Gasteiger partial charge >= 0.3 is 5.97 Å². The van der Waals surface area contributed by atoms with E-state index in [1.807, 2.05) is 0 Å². The second-order valence-electron chi connectivity index (χ2n) is 6.83. The van der Waals surface area contributed by atoms with E-state index < -0.39 is 28.3 Å². The van der Waals surface area contributed by atoms with E-state index in [1.165, 1.54) is 11.9 Å². The Morgan fingerprint density at radius 1 is 1.26 bits per heavy atom. The summed E-state index contributed by atoms with van der Waals surface area (Å²) < 4.78 is 28.1. The van der Waals surface area contributed by atoms with Crippen LogP contribution >= 0.6 is 0 Å². The first-order valence-corrected chi connectivity index (χ1v) is 10.6. The molecule has 1 aromatic carbocycles. The Hall–Kier alpha value is -2.42. The number of nitrogens with zero attached hydrogens (tertiary/aromatic N) is 2. The Bertz CT molecular complexity index is 849. The highest BCUT2D eigenvalue weighted by Crippen LogP contribution is 2.22. The van der Waals surface area contributed by atoms with E-state index in [0.29, 0.717) is 19.4 Å². The molecule has 0 bridgehead atoms. The molecule has 2 saturated heterocycles. The lowest BCUT2D eigenvalue weighted by Gasteiger charge is -2.23. The van der Waals surface area contributed by atoms with Gasteiger partial charge in [-0.2, -0.15) is 0 Å². The van der Waals surface area contributed by atoms with Crippen molar-refractivity contribution < 1.29 is 27.5 Å². The first-order valence-electron chi connectivity index (χ1n) is 8.80. The lowest BCUT2D eigenvalue weighted by Crippen LogP contribution is -2.40. The van der Waals surface area contributed by atoms with Crippen LogP contribution < -0.4 is 4.90 Å². The van der Waals surface area contributed by atoms with Crippen molar-refractivity contribution in [1.29, 1.82) is 0 Å². The number of hydrogen-bond donors (Lipinski definition) is 0. The van der Waals surface area contributed by atoms with Crippen LogP contribution in [0.5, 0.6) is 0 Å². The quantitative estimate of drug-likeness (QED) is 0.679. The third-order valence-electron chi connectivity index (χ3n) is 4.96. The largest absolute Gasteiger partial charge is 0.452 e. The van der Waals surface area contributed by atoms with Crippen LogP contribution in [0.3, 0.4) is 0 Å². The molecule has 2 aliphatic rings. The van der Waals surface area contributed by atoms with Crippen molar-refractivity contribution in [1.82, 2.24) is 4.90 Å². The number of rotatable bonds is 5. The number of likely N-dealkylation sites (N-methyl/N-ethyl adjacent to an activating group) is 1. The van der Waals surface area contributed by atoms with Crippen LogP contribution in [0.25, 0.3) is 0 Å². The smallest absolute Gasteiger partial charge is 0.338 e. The summed E-state index contributed by atoms with van der Waals surface area (Å²) in [5.74, 6) is -1.01. The molecule has 1 atom stereocenters. The summed E-state index contributed by atoms with van der Waals surface area (Å²) in [4.78, 5) is 39.0. The zero-order valence-electron chi connectivity index (χ0n) is 15.1. The van der Waals surface area contributed by atoms with Crippen LogP contribution in [-0.2, 0) is 24.2 Å². The Morgan fingerprint density at radius 3 is 2.52 bits per heavy atom. The average Bonchev–Trinajstić information content (AvgIpc) is 3.23. The number of anilines is 1. The molecule has 0 radical (unpaired) electrons. The van der Waals surface area contributed by atoms with Crippen LogP contribution in [0.1, 0.15) is 29.6 Å². The minimum absolute atomic E-state index is 0.0557. The molecule has 146 valence electrons. The second kappa shape index (κ2) is 7.67. The van der Waals surface area contributed by atoms with Crippen LogP contribution in [-0.4, -0.2) is 68.8 Å². The number of hydrogen-bond acceptors (Lipinski definition) is 6. The number of amides is 2. The fourth-order valence-corrected chi connectivity index (χ4v) is 5.07. The van der Waals surface area contributed by atoms with Gasteiger partial charge in [0.15, 0.2) is 16.4 Å². The van der Waals surface area contributed by atoms with E-state index in [-0.39, 0.29) is 29.0 Å². The zero-order valence-corrected chi connectivity index (χ0v) is 15.9. The topological polar surface area (TPSA) is 101 Å². The van der Waals surface area contributed by atoms with Crippen molar-refractivity contribution >= 4 is 33.3 Å². The van der Waals surface area contributed by atoms with Gasteiger partial charge in [-0.15, -0.1) is 0 Å². The summed E-state index contributed by atoms with van der Waals surface area (Å²) in [5.41, 5.74) is 1.01. The molecular weight excluding hydrogens is 372 g/mol. The summed E-state index contributed by atoms with van der Waals surface area (Å²) in [7, 11) is -1.58. The maximum absolute atomic E-state index is 12.2. The number of carbonyl (C=O) groups is 3. The third-order valence-corrected chi connectivity index (χ3v) is 6.71. The van der Waals surface area contributed by atoms with Crippen molar-refractivity contribution in [3.05, 3.63) is 29.8 Å². The highest BCUT2D eigenvalue weighted by atomic mass is 32.2. The molecule has 9 heteroatoms. The first kappa shape index (κ1) is 19.3. The molecule has 0 saturated carbocycles. The minimum Gasteiger partial charge on any atom is -0.452 e. The van der Waals surface area contributed by atoms with E-state index in [0.717, 1.165) is 12.1 Å². The number of esters is 1. The molecule has 0 N–H and O–H groups in total. The van der Waals surface area contributed by atoms with Gasteiger partial charge < -0.3 is 14.5 Å². The molecule has 0 aliphatic carbocycles. The summed E-state index contributed by atoms with van der Waals surface area (Å²) in [6.07, 6.45) is 1.75. The summed E-state index contributed by atoms with van der Waals surface area (Å²) >= 11 is 0. The molecule has 27 heavy (non-hydrogen) atoms. The molecule has 0 aromatic heterocycles. The van der Waals surface area contributed by atoms with E-state index in [9.17, 15) is 22.8 Å². The fourth-order valence-electron chi connectivity index (χ4n) is 3.30. The molecule has 2 amide bonds. The SMILES string of the molecule is CN(C(=O)COC(=O)c1ccc(N2CCCC2=O)cc1)[C@H]1CCS(=O)(=O)C1. The van der Waals surface area contributed by atoms with Gasteiger partial charge in [0.2, 0.25) is 5.91 Å². The van der Waals surface area contributed by atoms with Crippen molar-refractivity contribution in [2.45, 2.75) is 25.3 Å². The average molecular weight is 394 g/mol. The van der Waals surface area contributed by atoms with Crippen molar-refractivity contribution in [2.24, 2.45) is 0 Å². The molecule has 2 aliphatic heterocycles. The first-order chi connectivity index (χ1) is 12.8. The summed E-state index contributed by atoms with van der Waals surface area (Å²) in [5, 5.41) is 0. The van der Waals surface area contributed by atoms with Crippen LogP contribution in [0, 0.1) is 0 Å². The predicted molar refractivity (Wildman–Crippen MR) is 98.1 cm³/mol. The van der Waals surface area contributed by atoms with Gasteiger partial charge in [-0.3, -0.25) is 9.59 Å². The van der Waals surface area contributed by atoms with Gasteiger partial charge in [0.05, 0.1) is 17.1 Å². The molecule has 3 rings (SSSR count). The molecule has 2 heterocycles. The summed E-state index contributed by atoms with van der Waals surface area (Å²) in [6.45, 7) is 0.221. The number of ether oxygens (including phenoxy) is 1. The third kappa shape index (κ3) is 4.47. The van der Waals surface area contributed by atoms with Gasteiger partial charge in [0, 0.05) is 31.7 Å². The van der Waals surface area contributed by atoms with Crippen LogP contribution in [0.2, 0.25) is 0 Å². The lowest BCUT2D eigenvalue weighted by atomic mass is 10.2. The molecular formula is C18H22N2O6S. The minimum atomic E-state index is -3.09.